The molecule has 0 aliphatic carbocycles. The summed E-state index contributed by atoms with van der Waals surface area (Å²) in [5.41, 5.74) is 1.01. The Morgan fingerprint density at radius 1 is 1.56 bits per heavy atom. The molecule has 2 amide bonds. The molecule has 1 fully saturated rings. The van der Waals surface area contributed by atoms with Crippen molar-refractivity contribution in [2.45, 2.75) is 25.8 Å². The van der Waals surface area contributed by atoms with Crippen LogP contribution < -0.4 is 0 Å². The summed E-state index contributed by atoms with van der Waals surface area (Å²) in [6.45, 7) is 3.02. The zero-order chi connectivity index (χ0) is 13.1. The molecule has 6 nitrogen and oxygen atoms in total. The van der Waals surface area contributed by atoms with Gasteiger partial charge in [0.2, 0.25) is 11.8 Å². The molecular weight excluding hydrogens is 232 g/mol. The van der Waals surface area contributed by atoms with Gasteiger partial charge in [0, 0.05) is 32.8 Å². The van der Waals surface area contributed by atoms with Gasteiger partial charge in [0.05, 0.1) is 6.20 Å². The normalized spacial score (nSPS) is 20.3. The van der Waals surface area contributed by atoms with E-state index < -0.39 is 0 Å². The standard InChI is InChI=1S/C12H18N4O2/c1-9-12(18)15(2)5-6-16(9)11(17)4-3-10-7-13-14-8-10/h7-9H,3-6H2,1-2H3,(H,13,14). The van der Waals surface area contributed by atoms with Crippen LogP contribution in [0.4, 0.5) is 0 Å². The quantitative estimate of drug-likeness (QED) is 0.823. The molecule has 2 rings (SSSR count). The summed E-state index contributed by atoms with van der Waals surface area (Å²) in [6.07, 6.45) is 4.57. The van der Waals surface area contributed by atoms with Gasteiger partial charge in [-0.1, -0.05) is 0 Å². The molecule has 18 heavy (non-hydrogen) atoms. The Balaban J connectivity index is 1.91. The van der Waals surface area contributed by atoms with Crippen molar-refractivity contribution in [3.63, 3.8) is 0 Å². The molecule has 1 N–H and O–H groups in total. The van der Waals surface area contributed by atoms with Crippen LogP contribution in [0.2, 0.25) is 0 Å². The van der Waals surface area contributed by atoms with Crippen molar-refractivity contribution in [2.75, 3.05) is 20.1 Å². The van der Waals surface area contributed by atoms with E-state index in [1.54, 1.807) is 36.2 Å². The van der Waals surface area contributed by atoms with E-state index >= 15 is 0 Å². The first-order chi connectivity index (χ1) is 8.59. The van der Waals surface area contributed by atoms with Gasteiger partial charge < -0.3 is 9.80 Å². The van der Waals surface area contributed by atoms with Crippen molar-refractivity contribution < 1.29 is 9.59 Å². The lowest BCUT2D eigenvalue weighted by Gasteiger charge is -2.37. The van der Waals surface area contributed by atoms with Gasteiger partial charge >= 0.3 is 0 Å². The minimum Gasteiger partial charge on any atom is -0.342 e. The number of piperazine rings is 1. The maximum absolute atomic E-state index is 12.1. The van der Waals surface area contributed by atoms with E-state index in [1.165, 1.54) is 0 Å². The molecule has 0 bridgehead atoms. The molecule has 0 spiro atoms. The molecule has 1 saturated heterocycles. The van der Waals surface area contributed by atoms with Crippen LogP contribution >= 0.6 is 0 Å². The Kier molecular flexibility index (Phi) is 3.64. The fourth-order valence-electron chi connectivity index (χ4n) is 2.16. The number of hydrogen-bond acceptors (Lipinski definition) is 3. The third kappa shape index (κ3) is 2.52. The zero-order valence-corrected chi connectivity index (χ0v) is 10.7. The molecule has 1 unspecified atom stereocenters. The van der Waals surface area contributed by atoms with Gasteiger partial charge in [0.1, 0.15) is 6.04 Å². The Hall–Kier alpha value is -1.85. The number of carbonyl (C=O) groups excluding carboxylic acids is 2. The van der Waals surface area contributed by atoms with Crippen LogP contribution in [0.3, 0.4) is 0 Å². The van der Waals surface area contributed by atoms with E-state index in [4.69, 9.17) is 0 Å². The van der Waals surface area contributed by atoms with Gasteiger partial charge in [-0.15, -0.1) is 0 Å². The van der Waals surface area contributed by atoms with Gasteiger partial charge in [0.15, 0.2) is 0 Å². The molecule has 6 heteroatoms. The minimum absolute atomic E-state index is 0.0120. The topological polar surface area (TPSA) is 69.3 Å². The zero-order valence-electron chi connectivity index (χ0n) is 10.7. The van der Waals surface area contributed by atoms with Crippen LogP contribution in [0, 0.1) is 0 Å². The molecule has 1 aromatic rings. The van der Waals surface area contributed by atoms with Crippen molar-refractivity contribution in [1.82, 2.24) is 20.0 Å². The molecule has 98 valence electrons. The average molecular weight is 250 g/mol. The van der Waals surface area contributed by atoms with Crippen LogP contribution in [0.25, 0.3) is 0 Å². The summed E-state index contributed by atoms with van der Waals surface area (Å²) >= 11 is 0. The van der Waals surface area contributed by atoms with Crippen LogP contribution in [-0.4, -0.2) is 58.0 Å². The molecule has 1 atom stereocenters. The average Bonchev–Trinajstić information content (AvgIpc) is 2.86. The Morgan fingerprint density at radius 3 is 3.00 bits per heavy atom. The molecule has 2 heterocycles. The largest absolute Gasteiger partial charge is 0.342 e. The lowest BCUT2D eigenvalue weighted by atomic mass is 10.1. The number of amides is 2. The monoisotopic (exact) mass is 250 g/mol. The van der Waals surface area contributed by atoms with Crippen LogP contribution in [-0.2, 0) is 16.0 Å². The second-order valence-electron chi connectivity index (χ2n) is 4.63. The molecular formula is C12H18N4O2. The lowest BCUT2D eigenvalue weighted by molar-refractivity contribution is -0.149. The summed E-state index contributed by atoms with van der Waals surface area (Å²) in [5.74, 6) is 0.0445. The number of nitrogens with one attached hydrogen (secondary N) is 1. The highest BCUT2D eigenvalue weighted by atomic mass is 16.2. The molecule has 0 saturated carbocycles. The highest BCUT2D eigenvalue weighted by Crippen LogP contribution is 2.12. The predicted molar refractivity (Wildman–Crippen MR) is 65.7 cm³/mol. The number of nitrogens with zero attached hydrogens (tertiary/aromatic N) is 3. The molecule has 0 aromatic carbocycles. The number of hydrogen-bond donors (Lipinski definition) is 1. The Labute approximate surface area is 106 Å². The third-order valence-corrected chi connectivity index (χ3v) is 3.38. The number of carbonyl (C=O) groups is 2. The number of likely N-dealkylation sites (N-methyl/N-ethyl adjacent to an activating group) is 1. The minimum atomic E-state index is -0.347. The number of aromatic nitrogens is 2. The first-order valence-electron chi connectivity index (χ1n) is 6.11. The van der Waals surface area contributed by atoms with Crippen molar-refractivity contribution in [2.24, 2.45) is 0 Å². The molecule has 1 aromatic heterocycles. The maximum Gasteiger partial charge on any atom is 0.244 e. The molecule has 1 aliphatic heterocycles. The first-order valence-corrected chi connectivity index (χ1v) is 6.11. The summed E-state index contributed by atoms with van der Waals surface area (Å²) in [6, 6.07) is -0.347. The van der Waals surface area contributed by atoms with Crippen molar-refractivity contribution in [1.29, 1.82) is 0 Å². The summed E-state index contributed by atoms with van der Waals surface area (Å²) < 4.78 is 0. The second-order valence-corrected chi connectivity index (χ2v) is 4.63. The third-order valence-electron chi connectivity index (χ3n) is 3.38. The second kappa shape index (κ2) is 5.20. The highest BCUT2D eigenvalue weighted by Gasteiger charge is 2.31. The fourth-order valence-corrected chi connectivity index (χ4v) is 2.16. The van der Waals surface area contributed by atoms with E-state index in [9.17, 15) is 9.59 Å². The van der Waals surface area contributed by atoms with E-state index in [2.05, 4.69) is 10.2 Å². The van der Waals surface area contributed by atoms with Gasteiger partial charge in [-0.2, -0.15) is 5.10 Å². The van der Waals surface area contributed by atoms with Crippen molar-refractivity contribution in [3.05, 3.63) is 18.0 Å². The number of aromatic amines is 1. The van der Waals surface area contributed by atoms with E-state index in [-0.39, 0.29) is 17.9 Å². The van der Waals surface area contributed by atoms with Gasteiger partial charge in [-0.05, 0) is 18.9 Å². The van der Waals surface area contributed by atoms with Crippen LogP contribution in [0.1, 0.15) is 18.9 Å². The highest BCUT2D eigenvalue weighted by molar-refractivity contribution is 5.88. The van der Waals surface area contributed by atoms with E-state index in [0.717, 1.165) is 5.56 Å². The SMILES string of the molecule is CC1C(=O)N(C)CCN1C(=O)CCc1cn[nH]c1. The number of rotatable bonds is 3. The molecule has 0 radical (unpaired) electrons. The summed E-state index contributed by atoms with van der Waals surface area (Å²) in [7, 11) is 1.77. The lowest BCUT2D eigenvalue weighted by Crippen LogP contribution is -2.56. The van der Waals surface area contributed by atoms with Crippen LogP contribution in [0.15, 0.2) is 12.4 Å². The maximum atomic E-state index is 12.1. The predicted octanol–water partition coefficient (Wildman–Crippen LogP) is 0.0314. The van der Waals surface area contributed by atoms with Gasteiger partial charge in [0.25, 0.3) is 0 Å². The van der Waals surface area contributed by atoms with Crippen molar-refractivity contribution >= 4 is 11.8 Å². The Morgan fingerprint density at radius 2 is 2.33 bits per heavy atom. The first kappa shape index (κ1) is 12.6. The fraction of sp³-hybridized carbons (Fsp3) is 0.583. The van der Waals surface area contributed by atoms with Gasteiger partial charge in [-0.3, -0.25) is 14.7 Å². The smallest absolute Gasteiger partial charge is 0.244 e. The summed E-state index contributed by atoms with van der Waals surface area (Å²) in [4.78, 5) is 27.2. The molecule has 1 aliphatic rings. The van der Waals surface area contributed by atoms with E-state index in [1.807, 2.05) is 0 Å². The van der Waals surface area contributed by atoms with E-state index in [0.29, 0.717) is 25.9 Å². The van der Waals surface area contributed by atoms with Gasteiger partial charge in [-0.25, -0.2) is 0 Å². The number of H-pyrrole nitrogens is 1. The van der Waals surface area contributed by atoms with Crippen LogP contribution in [0.5, 0.6) is 0 Å². The Bertz CT molecular complexity index is 429. The number of aryl methyl sites for hydroxylation is 1. The van der Waals surface area contributed by atoms with Crippen molar-refractivity contribution in [3.8, 4) is 0 Å². The summed E-state index contributed by atoms with van der Waals surface area (Å²) in [5, 5.41) is 6.56.